The van der Waals surface area contributed by atoms with Crippen molar-refractivity contribution in [1.82, 2.24) is 4.98 Å². The third-order valence-corrected chi connectivity index (χ3v) is 3.73. The first kappa shape index (κ1) is 14.7. The van der Waals surface area contributed by atoms with E-state index in [0.29, 0.717) is 23.1 Å². The fourth-order valence-corrected chi connectivity index (χ4v) is 2.70. The molecule has 0 radical (unpaired) electrons. The molecule has 0 unspecified atom stereocenters. The Morgan fingerprint density at radius 1 is 1.18 bits per heavy atom. The van der Waals surface area contributed by atoms with Crippen LogP contribution in [0.15, 0.2) is 47.5 Å². The van der Waals surface area contributed by atoms with Crippen LogP contribution in [0.25, 0.3) is 0 Å². The van der Waals surface area contributed by atoms with Gasteiger partial charge in [0.15, 0.2) is 0 Å². The molecule has 5 heteroatoms. The molecule has 0 spiro atoms. The van der Waals surface area contributed by atoms with Crippen LogP contribution in [-0.4, -0.2) is 29.7 Å². The quantitative estimate of drug-likeness (QED) is 0.816. The van der Waals surface area contributed by atoms with Crippen LogP contribution >= 0.6 is 11.6 Å². The van der Waals surface area contributed by atoms with E-state index >= 15 is 0 Å². The fraction of sp³-hybridized carbons (Fsp3) is 0.235. The highest BCUT2D eigenvalue weighted by atomic mass is 35.5. The fourth-order valence-electron chi connectivity index (χ4n) is 2.55. The van der Waals surface area contributed by atoms with Gasteiger partial charge in [0.05, 0.1) is 11.4 Å². The minimum absolute atomic E-state index is 0.0156. The first-order chi connectivity index (χ1) is 10.7. The molecular formula is C17H16ClN3O. The van der Waals surface area contributed by atoms with Crippen LogP contribution in [0.4, 0.5) is 5.69 Å². The van der Waals surface area contributed by atoms with Gasteiger partial charge in [0.1, 0.15) is 17.4 Å². The maximum atomic E-state index is 12.4. The topological polar surface area (TPSA) is 45.6 Å². The van der Waals surface area contributed by atoms with Gasteiger partial charge in [-0.25, -0.2) is 4.98 Å². The summed E-state index contributed by atoms with van der Waals surface area (Å²) in [4.78, 5) is 23.1. The summed E-state index contributed by atoms with van der Waals surface area (Å²) in [6.45, 7) is 2.81. The van der Waals surface area contributed by atoms with Crippen LogP contribution < -0.4 is 4.90 Å². The van der Waals surface area contributed by atoms with Crippen LogP contribution in [0.5, 0.6) is 0 Å². The maximum Gasteiger partial charge on any atom is 0.248 e. The summed E-state index contributed by atoms with van der Waals surface area (Å²) < 4.78 is 0. The van der Waals surface area contributed by atoms with Crippen molar-refractivity contribution in [1.29, 1.82) is 0 Å². The molecule has 0 aliphatic carbocycles. The van der Waals surface area contributed by atoms with Gasteiger partial charge in [-0.1, -0.05) is 48.9 Å². The number of aromatic nitrogens is 1. The largest absolute Gasteiger partial charge is 0.309 e. The molecule has 1 aliphatic heterocycles. The van der Waals surface area contributed by atoms with E-state index in [0.717, 1.165) is 17.7 Å². The Balaban J connectivity index is 2.18. The lowest BCUT2D eigenvalue weighted by molar-refractivity contribution is -0.117. The minimum Gasteiger partial charge on any atom is -0.309 e. The molecule has 1 aliphatic rings. The number of hydrogen-bond donors (Lipinski definition) is 0. The number of nitrogens with zero attached hydrogens (tertiary/aromatic N) is 3. The van der Waals surface area contributed by atoms with E-state index in [4.69, 9.17) is 11.6 Å². The van der Waals surface area contributed by atoms with Crippen LogP contribution in [0.1, 0.15) is 24.6 Å². The van der Waals surface area contributed by atoms with Crippen molar-refractivity contribution in [2.24, 2.45) is 4.99 Å². The van der Waals surface area contributed by atoms with Gasteiger partial charge >= 0.3 is 0 Å². The first-order valence-corrected chi connectivity index (χ1v) is 7.65. The van der Waals surface area contributed by atoms with E-state index in [1.54, 1.807) is 11.0 Å². The molecule has 0 fully saturated rings. The molecule has 0 atom stereocenters. The second-order valence-corrected chi connectivity index (χ2v) is 5.47. The molecule has 2 heterocycles. The van der Waals surface area contributed by atoms with E-state index in [1.807, 2.05) is 43.3 Å². The molecule has 1 aromatic heterocycles. The molecule has 3 rings (SSSR count). The molecule has 0 bridgehead atoms. The molecule has 1 aromatic carbocycles. The van der Waals surface area contributed by atoms with Gasteiger partial charge in [-0.05, 0) is 18.6 Å². The minimum atomic E-state index is -0.0156. The van der Waals surface area contributed by atoms with Crippen molar-refractivity contribution in [2.75, 3.05) is 18.0 Å². The molecule has 112 valence electrons. The summed E-state index contributed by atoms with van der Waals surface area (Å²) in [6.07, 6.45) is 0.870. The molecule has 2 aromatic rings. The van der Waals surface area contributed by atoms with E-state index in [9.17, 15) is 4.79 Å². The lowest BCUT2D eigenvalue weighted by Crippen LogP contribution is -2.33. The van der Waals surface area contributed by atoms with Crippen molar-refractivity contribution in [3.8, 4) is 0 Å². The van der Waals surface area contributed by atoms with Crippen molar-refractivity contribution in [3.05, 3.63) is 58.9 Å². The van der Waals surface area contributed by atoms with E-state index in [1.165, 1.54) is 0 Å². The number of aliphatic imine (C=N–C) groups is 1. The summed E-state index contributed by atoms with van der Waals surface area (Å²) in [5.74, 6) is -0.0156. The summed E-state index contributed by atoms with van der Waals surface area (Å²) in [5, 5.41) is 0.396. The van der Waals surface area contributed by atoms with Gasteiger partial charge in [0.2, 0.25) is 5.91 Å². The zero-order valence-electron chi connectivity index (χ0n) is 12.3. The molecular weight excluding hydrogens is 298 g/mol. The van der Waals surface area contributed by atoms with Crippen LogP contribution in [0, 0.1) is 0 Å². The number of rotatable bonds is 3. The molecule has 0 N–H and O–H groups in total. The predicted molar refractivity (Wildman–Crippen MR) is 88.8 cm³/mol. The third kappa shape index (κ3) is 2.74. The number of carbonyl (C=O) groups excluding carboxylic acids is 1. The maximum absolute atomic E-state index is 12.4. The SMILES string of the molecule is CCCN1C(=O)CN=C(c2ccccc2)c2nc(Cl)ccc21. The Hall–Kier alpha value is -2.20. The van der Waals surface area contributed by atoms with Crippen LogP contribution in [0.2, 0.25) is 5.15 Å². The molecule has 0 saturated carbocycles. The van der Waals surface area contributed by atoms with Crippen molar-refractivity contribution in [2.45, 2.75) is 13.3 Å². The number of amides is 1. The molecule has 1 amide bonds. The average Bonchev–Trinajstić information content (AvgIpc) is 2.66. The third-order valence-electron chi connectivity index (χ3n) is 3.52. The Bertz CT molecular complexity index is 728. The highest BCUT2D eigenvalue weighted by molar-refractivity contribution is 6.30. The second-order valence-electron chi connectivity index (χ2n) is 5.08. The molecule has 4 nitrogen and oxygen atoms in total. The zero-order valence-corrected chi connectivity index (χ0v) is 13.0. The number of pyridine rings is 1. The highest BCUT2D eigenvalue weighted by Crippen LogP contribution is 2.27. The van der Waals surface area contributed by atoms with Gasteiger partial charge in [0, 0.05) is 12.1 Å². The monoisotopic (exact) mass is 313 g/mol. The lowest BCUT2D eigenvalue weighted by Gasteiger charge is -2.21. The van der Waals surface area contributed by atoms with Crippen LogP contribution in [0.3, 0.4) is 0 Å². The number of benzene rings is 1. The van der Waals surface area contributed by atoms with Crippen LogP contribution in [-0.2, 0) is 4.79 Å². The van der Waals surface area contributed by atoms with Gasteiger partial charge in [-0.15, -0.1) is 0 Å². The summed E-state index contributed by atoms with van der Waals surface area (Å²) >= 11 is 6.07. The van der Waals surface area contributed by atoms with Crippen molar-refractivity contribution < 1.29 is 4.79 Å². The lowest BCUT2D eigenvalue weighted by atomic mass is 10.1. The molecule has 0 saturated heterocycles. The number of hydrogen-bond acceptors (Lipinski definition) is 3. The summed E-state index contributed by atoms with van der Waals surface area (Å²) in [5.41, 5.74) is 3.09. The molecule has 22 heavy (non-hydrogen) atoms. The standard InChI is InChI=1S/C17H16ClN3O/c1-2-10-21-13-8-9-14(18)20-17(13)16(19-11-15(21)22)12-6-4-3-5-7-12/h3-9H,2,10-11H2,1H3. The zero-order chi connectivity index (χ0) is 15.5. The highest BCUT2D eigenvalue weighted by Gasteiger charge is 2.25. The van der Waals surface area contributed by atoms with Crippen molar-refractivity contribution >= 4 is 28.9 Å². The Morgan fingerprint density at radius 3 is 2.68 bits per heavy atom. The number of fused-ring (bicyclic) bond motifs is 1. The number of halogens is 1. The average molecular weight is 314 g/mol. The van der Waals surface area contributed by atoms with Gasteiger partial charge in [-0.2, -0.15) is 0 Å². The van der Waals surface area contributed by atoms with Gasteiger partial charge in [-0.3, -0.25) is 9.79 Å². The van der Waals surface area contributed by atoms with E-state index in [2.05, 4.69) is 9.98 Å². The smallest absolute Gasteiger partial charge is 0.248 e. The Morgan fingerprint density at radius 2 is 1.95 bits per heavy atom. The Labute approximate surface area is 134 Å². The number of anilines is 1. The normalized spacial score (nSPS) is 14.4. The summed E-state index contributed by atoms with van der Waals surface area (Å²) in [7, 11) is 0. The predicted octanol–water partition coefficient (Wildman–Crippen LogP) is 3.33. The number of carbonyl (C=O) groups is 1. The van der Waals surface area contributed by atoms with E-state index < -0.39 is 0 Å². The Kier molecular flexibility index (Phi) is 4.20. The first-order valence-electron chi connectivity index (χ1n) is 7.28. The van der Waals surface area contributed by atoms with E-state index in [-0.39, 0.29) is 12.5 Å². The van der Waals surface area contributed by atoms with Gasteiger partial charge < -0.3 is 4.90 Å². The summed E-state index contributed by atoms with van der Waals surface area (Å²) in [6, 6.07) is 13.3. The van der Waals surface area contributed by atoms with Crippen molar-refractivity contribution in [3.63, 3.8) is 0 Å². The second kappa shape index (κ2) is 6.28. The van der Waals surface area contributed by atoms with Gasteiger partial charge in [0.25, 0.3) is 0 Å².